The van der Waals surface area contributed by atoms with Crippen molar-refractivity contribution < 1.29 is 0 Å². The summed E-state index contributed by atoms with van der Waals surface area (Å²) in [6, 6.07) is 6.38. The first-order valence-corrected chi connectivity index (χ1v) is 8.67. The molecule has 1 aromatic rings. The summed E-state index contributed by atoms with van der Waals surface area (Å²) in [5.74, 6) is 1.16. The average Bonchev–Trinajstić information content (AvgIpc) is 2.39. The molecular formula is C17H22ClNS. The summed E-state index contributed by atoms with van der Waals surface area (Å²) in [7, 11) is 2.22. The van der Waals surface area contributed by atoms with E-state index in [1.54, 1.807) is 11.1 Å². The average molecular weight is 308 g/mol. The molecule has 20 heavy (non-hydrogen) atoms. The molecule has 1 saturated heterocycles. The van der Waals surface area contributed by atoms with Crippen molar-refractivity contribution in [2.24, 2.45) is 5.41 Å². The molecule has 1 aromatic carbocycles. The Morgan fingerprint density at radius 3 is 2.60 bits per heavy atom. The Morgan fingerprint density at radius 1 is 1.20 bits per heavy atom. The van der Waals surface area contributed by atoms with E-state index in [4.69, 9.17) is 11.6 Å². The molecule has 0 amide bonds. The van der Waals surface area contributed by atoms with Gasteiger partial charge in [0.2, 0.25) is 0 Å². The number of halogens is 1. The van der Waals surface area contributed by atoms with Crippen molar-refractivity contribution in [3.05, 3.63) is 34.4 Å². The minimum absolute atomic E-state index is 0.244. The fraction of sp³-hybridized carbons (Fsp3) is 0.529. The van der Waals surface area contributed by atoms with E-state index in [0.29, 0.717) is 0 Å². The number of piperidine rings is 1. The highest BCUT2D eigenvalue weighted by atomic mass is 35.5. The Morgan fingerprint density at radius 2 is 1.90 bits per heavy atom. The summed E-state index contributed by atoms with van der Waals surface area (Å²) >= 11 is 8.23. The van der Waals surface area contributed by atoms with Gasteiger partial charge in [-0.2, -0.15) is 0 Å². The summed E-state index contributed by atoms with van der Waals surface area (Å²) in [5, 5.41) is 0.855. The summed E-state index contributed by atoms with van der Waals surface area (Å²) in [5.41, 5.74) is 4.85. The Hall–Kier alpha value is -0.440. The second-order valence-corrected chi connectivity index (χ2v) is 8.05. The molecule has 0 unspecified atom stereocenters. The maximum absolute atomic E-state index is 6.26. The molecule has 3 rings (SSSR count). The highest BCUT2D eigenvalue weighted by molar-refractivity contribution is 7.99. The first-order valence-electron chi connectivity index (χ1n) is 7.31. The topological polar surface area (TPSA) is 3.24 Å². The van der Waals surface area contributed by atoms with Crippen LogP contribution in [0.15, 0.2) is 28.7 Å². The molecule has 2 aliphatic rings. The van der Waals surface area contributed by atoms with Crippen molar-refractivity contribution in [1.29, 1.82) is 0 Å². The summed E-state index contributed by atoms with van der Waals surface area (Å²) in [6.07, 6.45) is 2.40. The Balaban J connectivity index is 2.12. The molecule has 0 bridgehead atoms. The third-order valence-corrected chi connectivity index (χ3v) is 6.19. The second-order valence-electron chi connectivity index (χ2n) is 6.59. The van der Waals surface area contributed by atoms with Gasteiger partial charge in [0.05, 0.1) is 0 Å². The van der Waals surface area contributed by atoms with Crippen molar-refractivity contribution in [2.45, 2.75) is 31.6 Å². The number of thioether (sulfide) groups is 1. The van der Waals surface area contributed by atoms with Gasteiger partial charge in [-0.15, -0.1) is 11.8 Å². The molecule has 2 heterocycles. The van der Waals surface area contributed by atoms with Crippen molar-refractivity contribution in [2.75, 3.05) is 25.9 Å². The van der Waals surface area contributed by atoms with Crippen LogP contribution in [0, 0.1) is 5.41 Å². The Kier molecular flexibility index (Phi) is 3.91. The summed E-state index contributed by atoms with van der Waals surface area (Å²) in [6.45, 7) is 7.12. The zero-order valence-electron chi connectivity index (χ0n) is 12.5. The van der Waals surface area contributed by atoms with E-state index < -0.39 is 0 Å². The van der Waals surface area contributed by atoms with E-state index in [0.717, 1.165) is 10.8 Å². The van der Waals surface area contributed by atoms with Gasteiger partial charge in [-0.1, -0.05) is 31.0 Å². The van der Waals surface area contributed by atoms with E-state index in [1.165, 1.54) is 36.4 Å². The van der Waals surface area contributed by atoms with Gasteiger partial charge >= 0.3 is 0 Å². The highest BCUT2D eigenvalue weighted by Crippen LogP contribution is 2.50. The smallest absolute Gasteiger partial charge is 0.0412 e. The number of nitrogens with zero attached hydrogens (tertiary/aromatic N) is 1. The monoisotopic (exact) mass is 307 g/mol. The van der Waals surface area contributed by atoms with E-state index in [9.17, 15) is 0 Å². The normalized spacial score (nSPS) is 22.8. The highest BCUT2D eigenvalue weighted by Gasteiger charge is 2.34. The predicted octanol–water partition coefficient (Wildman–Crippen LogP) is 4.95. The van der Waals surface area contributed by atoms with Crippen molar-refractivity contribution in [3.8, 4) is 0 Å². The maximum atomic E-state index is 6.26. The van der Waals surface area contributed by atoms with Crippen LogP contribution in [-0.2, 0) is 0 Å². The van der Waals surface area contributed by atoms with Crippen LogP contribution in [-0.4, -0.2) is 30.8 Å². The lowest BCUT2D eigenvalue weighted by Gasteiger charge is -2.38. The lowest BCUT2D eigenvalue weighted by Crippen LogP contribution is -2.30. The van der Waals surface area contributed by atoms with Crippen LogP contribution < -0.4 is 0 Å². The van der Waals surface area contributed by atoms with E-state index >= 15 is 0 Å². The van der Waals surface area contributed by atoms with Gasteiger partial charge < -0.3 is 4.90 Å². The van der Waals surface area contributed by atoms with Crippen molar-refractivity contribution in [1.82, 2.24) is 4.90 Å². The van der Waals surface area contributed by atoms with Crippen LogP contribution in [0.1, 0.15) is 32.3 Å². The number of allylic oxidation sites excluding steroid dienone is 1. The number of likely N-dealkylation sites (tertiary alicyclic amines) is 1. The third kappa shape index (κ3) is 2.66. The summed E-state index contributed by atoms with van der Waals surface area (Å²) < 4.78 is 0. The number of rotatable bonds is 0. The molecule has 1 nitrogen and oxygen atoms in total. The number of benzene rings is 1. The molecule has 0 aromatic heterocycles. The minimum atomic E-state index is 0.244. The third-order valence-electron chi connectivity index (χ3n) is 4.42. The quantitative estimate of drug-likeness (QED) is 0.667. The first kappa shape index (κ1) is 14.5. The van der Waals surface area contributed by atoms with Crippen LogP contribution >= 0.6 is 23.4 Å². The van der Waals surface area contributed by atoms with Crippen molar-refractivity contribution >= 4 is 28.9 Å². The minimum Gasteiger partial charge on any atom is -0.306 e. The van der Waals surface area contributed by atoms with Gasteiger partial charge in [-0.3, -0.25) is 0 Å². The van der Waals surface area contributed by atoms with Gasteiger partial charge in [0.1, 0.15) is 0 Å². The van der Waals surface area contributed by atoms with Crippen molar-refractivity contribution in [3.63, 3.8) is 0 Å². The molecular weight excluding hydrogens is 286 g/mol. The lowest BCUT2D eigenvalue weighted by molar-refractivity contribution is 0.311. The van der Waals surface area contributed by atoms with Crippen LogP contribution in [0.2, 0.25) is 5.02 Å². The van der Waals surface area contributed by atoms with Crippen LogP contribution in [0.5, 0.6) is 0 Å². The lowest BCUT2D eigenvalue weighted by atomic mass is 9.76. The van der Waals surface area contributed by atoms with Gasteiger partial charge in [0, 0.05) is 28.8 Å². The Labute approximate surface area is 131 Å². The molecule has 0 radical (unpaired) electrons. The number of hydrogen-bond acceptors (Lipinski definition) is 2. The first-order chi connectivity index (χ1) is 9.47. The zero-order chi connectivity index (χ0) is 14.3. The molecule has 0 saturated carbocycles. The largest absolute Gasteiger partial charge is 0.306 e. The van der Waals surface area contributed by atoms with Gasteiger partial charge in [-0.05, 0) is 54.6 Å². The Bertz CT molecular complexity index is 552. The zero-order valence-corrected chi connectivity index (χ0v) is 14.1. The van der Waals surface area contributed by atoms with Crippen LogP contribution in [0.25, 0.3) is 5.57 Å². The molecule has 0 aliphatic carbocycles. The standard InChI is InChI=1S/C17H22ClNS/c1-17(2)11-20-15-5-4-13(18)10-14(15)16(17)12-6-8-19(3)9-7-12/h4-5,10H,6-9,11H2,1-3H3. The molecule has 108 valence electrons. The van der Waals surface area contributed by atoms with E-state index in [1.807, 2.05) is 17.8 Å². The van der Waals surface area contributed by atoms with E-state index in [-0.39, 0.29) is 5.41 Å². The number of fused-ring (bicyclic) bond motifs is 1. The molecule has 3 heteroatoms. The maximum Gasteiger partial charge on any atom is 0.0412 e. The van der Waals surface area contributed by atoms with Gasteiger partial charge in [0.25, 0.3) is 0 Å². The van der Waals surface area contributed by atoms with Gasteiger partial charge in [0.15, 0.2) is 0 Å². The predicted molar refractivity (Wildman–Crippen MR) is 89.6 cm³/mol. The number of hydrogen-bond donors (Lipinski definition) is 0. The fourth-order valence-electron chi connectivity index (χ4n) is 3.33. The SMILES string of the molecule is CN1CCC(=C2c3cc(Cl)ccc3SCC2(C)C)CC1. The molecule has 0 N–H and O–H groups in total. The fourth-order valence-corrected chi connectivity index (χ4v) is 4.64. The van der Waals surface area contributed by atoms with Crippen LogP contribution in [0.3, 0.4) is 0 Å². The van der Waals surface area contributed by atoms with Crippen LogP contribution in [0.4, 0.5) is 0 Å². The van der Waals surface area contributed by atoms with Gasteiger partial charge in [-0.25, -0.2) is 0 Å². The molecule has 0 spiro atoms. The van der Waals surface area contributed by atoms with E-state index in [2.05, 4.69) is 37.9 Å². The molecule has 0 atom stereocenters. The molecule has 2 aliphatic heterocycles. The summed E-state index contributed by atoms with van der Waals surface area (Å²) in [4.78, 5) is 3.82. The molecule has 1 fully saturated rings. The second kappa shape index (κ2) is 5.40.